The SMILES string of the molecule is Cc1csc2c(=O)[nH]c(C(F)(F)F)nc12. The number of aromatic amines is 1. The van der Waals surface area contributed by atoms with Crippen LogP contribution in [0.1, 0.15) is 11.4 Å². The third-order valence-corrected chi connectivity index (χ3v) is 2.96. The van der Waals surface area contributed by atoms with Crippen LogP contribution < -0.4 is 5.56 Å². The second-order valence-corrected chi connectivity index (χ2v) is 3.89. The molecule has 15 heavy (non-hydrogen) atoms. The topological polar surface area (TPSA) is 45.8 Å². The Morgan fingerprint density at radius 1 is 1.47 bits per heavy atom. The molecule has 0 aliphatic heterocycles. The highest BCUT2D eigenvalue weighted by atomic mass is 32.1. The van der Waals surface area contributed by atoms with Crippen molar-refractivity contribution in [2.75, 3.05) is 0 Å². The van der Waals surface area contributed by atoms with Gasteiger partial charge < -0.3 is 4.98 Å². The maximum atomic E-state index is 12.3. The third-order valence-electron chi connectivity index (χ3n) is 1.87. The van der Waals surface area contributed by atoms with Crippen LogP contribution in [0.25, 0.3) is 10.2 Å². The molecule has 0 spiro atoms. The molecular weight excluding hydrogens is 229 g/mol. The van der Waals surface area contributed by atoms with Crippen molar-refractivity contribution in [2.45, 2.75) is 13.1 Å². The molecule has 3 nitrogen and oxygen atoms in total. The Balaban J connectivity index is 2.82. The highest BCUT2D eigenvalue weighted by Crippen LogP contribution is 2.28. The quantitative estimate of drug-likeness (QED) is 0.760. The number of nitrogens with one attached hydrogen (secondary N) is 1. The minimum atomic E-state index is -4.62. The first-order chi connectivity index (χ1) is 6.89. The second-order valence-electron chi connectivity index (χ2n) is 3.01. The number of nitrogens with zero attached hydrogens (tertiary/aromatic N) is 1. The van der Waals surface area contributed by atoms with E-state index < -0.39 is 17.6 Å². The van der Waals surface area contributed by atoms with Gasteiger partial charge >= 0.3 is 6.18 Å². The normalized spacial score (nSPS) is 12.3. The van der Waals surface area contributed by atoms with Crippen molar-refractivity contribution < 1.29 is 13.2 Å². The second kappa shape index (κ2) is 3.06. The first kappa shape index (κ1) is 10.2. The number of hydrogen-bond acceptors (Lipinski definition) is 3. The van der Waals surface area contributed by atoms with Gasteiger partial charge in [-0.2, -0.15) is 13.2 Å². The van der Waals surface area contributed by atoms with Crippen molar-refractivity contribution in [1.82, 2.24) is 9.97 Å². The minimum absolute atomic E-state index is 0.121. The number of rotatable bonds is 0. The number of aryl methyl sites for hydroxylation is 1. The summed E-state index contributed by atoms with van der Waals surface area (Å²) in [5.74, 6) is -1.25. The van der Waals surface area contributed by atoms with Crippen molar-refractivity contribution in [3.63, 3.8) is 0 Å². The van der Waals surface area contributed by atoms with Gasteiger partial charge in [0.1, 0.15) is 4.70 Å². The van der Waals surface area contributed by atoms with E-state index in [1.54, 1.807) is 17.3 Å². The Bertz CT molecular complexity index is 569. The maximum Gasteiger partial charge on any atom is 0.449 e. The predicted molar refractivity (Wildman–Crippen MR) is 50.0 cm³/mol. The summed E-state index contributed by atoms with van der Waals surface area (Å²) in [5.41, 5.74) is -0.0481. The van der Waals surface area contributed by atoms with Crippen molar-refractivity contribution in [3.8, 4) is 0 Å². The Hall–Kier alpha value is -1.37. The van der Waals surface area contributed by atoms with Crippen LogP contribution in [-0.2, 0) is 6.18 Å². The van der Waals surface area contributed by atoms with Crippen LogP contribution in [0.15, 0.2) is 10.2 Å². The molecule has 0 bridgehead atoms. The molecule has 0 saturated heterocycles. The van der Waals surface area contributed by atoms with E-state index in [0.717, 1.165) is 11.3 Å². The molecule has 2 aromatic rings. The average molecular weight is 234 g/mol. The van der Waals surface area contributed by atoms with E-state index >= 15 is 0 Å². The van der Waals surface area contributed by atoms with Crippen LogP contribution in [0.3, 0.4) is 0 Å². The number of fused-ring (bicyclic) bond motifs is 1. The summed E-state index contributed by atoms with van der Waals surface area (Å²) >= 11 is 1.09. The Morgan fingerprint density at radius 2 is 2.13 bits per heavy atom. The number of aromatic nitrogens is 2. The van der Waals surface area contributed by atoms with E-state index in [-0.39, 0.29) is 10.2 Å². The summed E-state index contributed by atoms with van der Waals surface area (Å²) in [6, 6.07) is 0. The van der Waals surface area contributed by atoms with Crippen molar-refractivity contribution >= 4 is 21.6 Å². The first-order valence-corrected chi connectivity index (χ1v) is 4.83. The molecule has 7 heteroatoms. The lowest BCUT2D eigenvalue weighted by atomic mass is 10.3. The lowest BCUT2D eigenvalue weighted by Crippen LogP contribution is -2.18. The fourth-order valence-corrected chi connectivity index (χ4v) is 2.06. The third kappa shape index (κ3) is 1.63. The van der Waals surface area contributed by atoms with Crippen LogP contribution in [0, 0.1) is 6.92 Å². The zero-order valence-corrected chi connectivity index (χ0v) is 8.29. The van der Waals surface area contributed by atoms with Crippen LogP contribution in [0.5, 0.6) is 0 Å². The average Bonchev–Trinajstić information content (AvgIpc) is 2.47. The molecule has 0 saturated carbocycles. The molecule has 2 rings (SSSR count). The maximum absolute atomic E-state index is 12.3. The molecule has 0 aliphatic carbocycles. The van der Waals surface area contributed by atoms with E-state index in [9.17, 15) is 18.0 Å². The van der Waals surface area contributed by atoms with Crippen LogP contribution >= 0.6 is 11.3 Å². The summed E-state index contributed by atoms with van der Waals surface area (Å²) in [6.07, 6.45) is -4.62. The van der Waals surface area contributed by atoms with Gasteiger partial charge in [-0.15, -0.1) is 11.3 Å². The van der Waals surface area contributed by atoms with Gasteiger partial charge in [0.05, 0.1) is 5.52 Å². The Kier molecular flexibility index (Phi) is 2.07. The highest BCUT2D eigenvalue weighted by molar-refractivity contribution is 7.17. The van der Waals surface area contributed by atoms with Crippen molar-refractivity contribution in [3.05, 3.63) is 27.1 Å². The van der Waals surface area contributed by atoms with Crippen LogP contribution in [-0.4, -0.2) is 9.97 Å². The molecule has 0 amide bonds. The van der Waals surface area contributed by atoms with E-state index in [4.69, 9.17) is 0 Å². The zero-order chi connectivity index (χ0) is 11.2. The molecule has 0 aromatic carbocycles. The number of alkyl halides is 3. The number of thiophene rings is 1. The fraction of sp³-hybridized carbons (Fsp3) is 0.250. The molecule has 0 atom stereocenters. The number of halogens is 3. The summed E-state index contributed by atoms with van der Waals surface area (Å²) < 4.78 is 37.1. The Morgan fingerprint density at radius 3 is 2.73 bits per heavy atom. The van der Waals surface area contributed by atoms with Crippen molar-refractivity contribution in [1.29, 1.82) is 0 Å². The molecule has 0 unspecified atom stereocenters. The number of H-pyrrole nitrogens is 1. The molecular formula is C8H5F3N2OS. The lowest BCUT2D eigenvalue weighted by molar-refractivity contribution is -0.144. The monoisotopic (exact) mass is 234 g/mol. The number of hydrogen-bond donors (Lipinski definition) is 1. The Labute approximate surface area is 85.6 Å². The van der Waals surface area contributed by atoms with E-state index in [0.29, 0.717) is 5.56 Å². The smallest absolute Gasteiger partial charge is 0.302 e. The summed E-state index contributed by atoms with van der Waals surface area (Å²) in [6.45, 7) is 1.62. The highest BCUT2D eigenvalue weighted by Gasteiger charge is 2.34. The first-order valence-electron chi connectivity index (χ1n) is 3.95. The molecule has 2 aromatic heterocycles. The van der Waals surface area contributed by atoms with E-state index in [1.807, 2.05) is 0 Å². The van der Waals surface area contributed by atoms with Crippen LogP contribution in [0.4, 0.5) is 13.2 Å². The zero-order valence-electron chi connectivity index (χ0n) is 7.47. The molecule has 0 aliphatic rings. The fourth-order valence-electron chi connectivity index (χ4n) is 1.18. The molecule has 0 fully saturated rings. The van der Waals surface area contributed by atoms with Gasteiger partial charge in [-0.1, -0.05) is 0 Å². The largest absolute Gasteiger partial charge is 0.449 e. The van der Waals surface area contributed by atoms with Gasteiger partial charge in [0.2, 0.25) is 5.82 Å². The summed E-state index contributed by atoms with van der Waals surface area (Å²) in [5, 5.41) is 1.60. The van der Waals surface area contributed by atoms with Gasteiger partial charge in [0.25, 0.3) is 5.56 Å². The van der Waals surface area contributed by atoms with Gasteiger partial charge in [-0.25, -0.2) is 4.98 Å². The minimum Gasteiger partial charge on any atom is -0.302 e. The molecule has 2 heterocycles. The van der Waals surface area contributed by atoms with Crippen LogP contribution in [0.2, 0.25) is 0 Å². The summed E-state index contributed by atoms with van der Waals surface area (Å²) in [4.78, 5) is 16.4. The molecule has 1 N–H and O–H groups in total. The van der Waals surface area contributed by atoms with E-state index in [2.05, 4.69) is 4.98 Å². The molecule has 80 valence electrons. The lowest BCUT2D eigenvalue weighted by Gasteiger charge is -2.04. The summed E-state index contributed by atoms with van der Waals surface area (Å²) in [7, 11) is 0. The van der Waals surface area contributed by atoms with Gasteiger partial charge in [0.15, 0.2) is 0 Å². The predicted octanol–water partition coefficient (Wildman–Crippen LogP) is 2.31. The van der Waals surface area contributed by atoms with Gasteiger partial charge in [-0.3, -0.25) is 4.79 Å². The van der Waals surface area contributed by atoms with E-state index in [1.165, 1.54) is 0 Å². The van der Waals surface area contributed by atoms with Gasteiger partial charge in [-0.05, 0) is 17.9 Å². The van der Waals surface area contributed by atoms with Crippen molar-refractivity contribution in [2.24, 2.45) is 0 Å². The van der Waals surface area contributed by atoms with Gasteiger partial charge in [0, 0.05) is 0 Å². The molecule has 0 radical (unpaired) electrons. The standard InChI is InChI=1S/C8H5F3N2OS/c1-3-2-15-5-4(3)12-7(8(9,10)11)13-6(5)14/h2H,1H3,(H,12,13,14).